The molecule has 1 aliphatic heterocycles. The number of amides is 1. The Labute approximate surface area is 147 Å². The van der Waals surface area contributed by atoms with Crippen LogP contribution in [0.4, 0.5) is 5.69 Å². The quantitative estimate of drug-likeness (QED) is 0.334. The number of ether oxygens (including phenoxy) is 1. The van der Waals surface area contributed by atoms with Crippen LogP contribution in [0.15, 0.2) is 36.0 Å². The molecule has 25 heavy (non-hydrogen) atoms. The van der Waals surface area contributed by atoms with Gasteiger partial charge < -0.3 is 15.4 Å². The average molecular weight is 342 g/mol. The SMILES string of the molecule is CC(=O)c1cccc(NC(=O)/C(C#N)=C\NCCN2CCOCC2)c1. The lowest BCUT2D eigenvalue weighted by atomic mass is 10.1. The van der Waals surface area contributed by atoms with E-state index in [9.17, 15) is 9.59 Å². The highest BCUT2D eigenvalue weighted by atomic mass is 16.5. The van der Waals surface area contributed by atoms with E-state index >= 15 is 0 Å². The average Bonchev–Trinajstić information content (AvgIpc) is 2.62. The highest BCUT2D eigenvalue weighted by Crippen LogP contribution is 2.12. The molecule has 132 valence electrons. The van der Waals surface area contributed by atoms with Gasteiger partial charge in [-0.05, 0) is 19.1 Å². The number of ketones is 1. The van der Waals surface area contributed by atoms with E-state index < -0.39 is 5.91 Å². The molecule has 1 aromatic rings. The van der Waals surface area contributed by atoms with Crippen LogP contribution in [0, 0.1) is 11.3 Å². The third kappa shape index (κ3) is 6.03. The molecule has 7 heteroatoms. The van der Waals surface area contributed by atoms with Gasteiger partial charge in [0.2, 0.25) is 0 Å². The summed E-state index contributed by atoms with van der Waals surface area (Å²) >= 11 is 0. The third-order valence-corrected chi connectivity index (χ3v) is 3.81. The molecule has 0 atom stereocenters. The van der Waals surface area contributed by atoms with Crippen LogP contribution in [0.25, 0.3) is 0 Å². The maximum Gasteiger partial charge on any atom is 0.267 e. The van der Waals surface area contributed by atoms with Crippen LogP contribution in [0.3, 0.4) is 0 Å². The van der Waals surface area contributed by atoms with E-state index in [1.54, 1.807) is 24.3 Å². The van der Waals surface area contributed by atoms with Crippen LogP contribution in [0.2, 0.25) is 0 Å². The number of Topliss-reactive ketones (excluding diaryl/α,β-unsaturated/α-hetero) is 1. The van der Waals surface area contributed by atoms with E-state index in [4.69, 9.17) is 10.00 Å². The molecule has 1 aromatic carbocycles. The Balaban J connectivity index is 1.86. The van der Waals surface area contributed by atoms with Gasteiger partial charge in [-0.3, -0.25) is 14.5 Å². The number of nitriles is 1. The maximum atomic E-state index is 12.2. The van der Waals surface area contributed by atoms with Gasteiger partial charge in [0, 0.05) is 43.6 Å². The van der Waals surface area contributed by atoms with Crippen molar-refractivity contribution in [3.05, 3.63) is 41.6 Å². The molecule has 0 spiro atoms. The molecular weight excluding hydrogens is 320 g/mol. The molecule has 7 nitrogen and oxygen atoms in total. The van der Waals surface area contributed by atoms with Gasteiger partial charge in [0.1, 0.15) is 11.6 Å². The second-order valence-electron chi connectivity index (χ2n) is 5.67. The maximum absolute atomic E-state index is 12.2. The second kappa shape index (κ2) is 9.57. The molecule has 1 amide bonds. The molecule has 0 saturated carbocycles. The van der Waals surface area contributed by atoms with Crippen molar-refractivity contribution < 1.29 is 14.3 Å². The van der Waals surface area contributed by atoms with Gasteiger partial charge in [-0.1, -0.05) is 12.1 Å². The van der Waals surface area contributed by atoms with Crippen LogP contribution >= 0.6 is 0 Å². The normalized spacial score (nSPS) is 15.3. The monoisotopic (exact) mass is 342 g/mol. The van der Waals surface area contributed by atoms with E-state index in [1.165, 1.54) is 13.1 Å². The number of nitrogens with zero attached hydrogens (tertiary/aromatic N) is 2. The molecule has 1 saturated heterocycles. The number of morpholine rings is 1. The van der Waals surface area contributed by atoms with Crippen molar-refractivity contribution in [1.82, 2.24) is 10.2 Å². The van der Waals surface area contributed by atoms with E-state index in [0.29, 0.717) is 17.8 Å². The summed E-state index contributed by atoms with van der Waals surface area (Å²) in [6, 6.07) is 8.50. The molecule has 1 heterocycles. The number of anilines is 1. The van der Waals surface area contributed by atoms with Crippen molar-refractivity contribution in [1.29, 1.82) is 5.26 Å². The summed E-state index contributed by atoms with van der Waals surface area (Å²) < 4.78 is 5.28. The summed E-state index contributed by atoms with van der Waals surface area (Å²) in [4.78, 5) is 25.8. The number of hydrogen-bond donors (Lipinski definition) is 2. The van der Waals surface area contributed by atoms with Crippen LogP contribution in [0.1, 0.15) is 17.3 Å². The van der Waals surface area contributed by atoms with Gasteiger partial charge in [0.05, 0.1) is 13.2 Å². The van der Waals surface area contributed by atoms with E-state index in [1.807, 2.05) is 6.07 Å². The number of carbonyl (C=O) groups is 2. The standard InChI is InChI=1S/C18H22N4O3/c1-14(23)15-3-2-4-17(11-15)21-18(24)16(12-19)13-20-5-6-22-7-9-25-10-8-22/h2-4,11,13,20H,5-10H2,1H3,(H,21,24)/b16-13-. The van der Waals surface area contributed by atoms with Crippen molar-refractivity contribution in [2.45, 2.75) is 6.92 Å². The minimum absolute atomic E-state index is 0.0183. The minimum Gasteiger partial charge on any atom is -0.388 e. The highest BCUT2D eigenvalue weighted by Gasteiger charge is 2.11. The molecular formula is C18H22N4O3. The second-order valence-corrected chi connectivity index (χ2v) is 5.67. The largest absolute Gasteiger partial charge is 0.388 e. The molecule has 1 fully saturated rings. The van der Waals surface area contributed by atoms with E-state index in [2.05, 4.69) is 15.5 Å². The molecule has 2 N–H and O–H groups in total. The Morgan fingerprint density at radius 2 is 2.12 bits per heavy atom. The van der Waals surface area contributed by atoms with Crippen molar-refractivity contribution in [3.63, 3.8) is 0 Å². The fourth-order valence-electron chi connectivity index (χ4n) is 2.38. The van der Waals surface area contributed by atoms with Gasteiger partial charge in [-0.15, -0.1) is 0 Å². The zero-order valence-corrected chi connectivity index (χ0v) is 14.2. The predicted molar refractivity (Wildman–Crippen MR) is 94.0 cm³/mol. The summed E-state index contributed by atoms with van der Waals surface area (Å²) in [6.45, 7) is 6.17. The first-order valence-electron chi connectivity index (χ1n) is 8.16. The van der Waals surface area contributed by atoms with Crippen LogP contribution in [0.5, 0.6) is 0 Å². The van der Waals surface area contributed by atoms with Crippen molar-refractivity contribution >= 4 is 17.4 Å². The Kier molecular flexibility index (Phi) is 7.14. The smallest absolute Gasteiger partial charge is 0.267 e. The Morgan fingerprint density at radius 1 is 1.36 bits per heavy atom. The Bertz CT molecular complexity index is 688. The zero-order chi connectivity index (χ0) is 18.1. The fraction of sp³-hybridized carbons (Fsp3) is 0.389. The third-order valence-electron chi connectivity index (χ3n) is 3.81. The van der Waals surface area contributed by atoms with Gasteiger partial charge in [0.25, 0.3) is 5.91 Å². The summed E-state index contributed by atoms with van der Waals surface area (Å²) in [5.74, 6) is -0.598. The van der Waals surface area contributed by atoms with Crippen molar-refractivity contribution in [3.8, 4) is 6.07 Å². The molecule has 1 aliphatic rings. The van der Waals surface area contributed by atoms with Crippen LogP contribution in [-0.4, -0.2) is 56.0 Å². The highest BCUT2D eigenvalue weighted by molar-refractivity contribution is 6.07. The van der Waals surface area contributed by atoms with Gasteiger partial charge in [-0.2, -0.15) is 5.26 Å². The lowest BCUT2D eigenvalue weighted by Gasteiger charge is -2.26. The van der Waals surface area contributed by atoms with Crippen molar-refractivity contribution in [2.75, 3.05) is 44.7 Å². The lowest BCUT2D eigenvalue weighted by Crippen LogP contribution is -2.39. The number of hydrogen-bond acceptors (Lipinski definition) is 6. The molecule has 0 bridgehead atoms. The molecule has 0 aliphatic carbocycles. The lowest BCUT2D eigenvalue weighted by molar-refractivity contribution is -0.112. The van der Waals surface area contributed by atoms with Gasteiger partial charge in [0.15, 0.2) is 5.78 Å². The minimum atomic E-state index is -0.512. The van der Waals surface area contributed by atoms with Crippen LogP contribution in [-0.2, 0) is 9.53 Å². The van der Waals surface area contributed by atoms with Gasteiger partial charge in [-0.25, -0.2) is 0 Å². The zero-order valence-electron chi connectivity index (χ0n) is 14.2. The fourth-order valence-corrected chi connectivity index (χ4v) is 2.38. The summed E-state index contributed by atoms with van der Waals surface area (Å²) in [5.41, 5.74) is 0.964. The summed E-state index contributed by atoms with van der Waals surface area (Å²) in [6.07, 6.45) is 1.42. The number of nitrogens with one attached hydrogen (secondary N) is 2. The molecule has 0 unspecified atom stereocenters. The molecule has 0 radical (unpaired) electrons. The Morgan fingerprint density at radius 3 is 2.80 bits per heavy atom. The predicted octanol–water partition coefficient (Wildman–Crippen LogP) is 1.16. The molecule has 0 aromatic heterocycles. The van der Waals surface area contributed by atoms with Gasteiger partial charge >= 0.3 is 0 Å². The number of carbonyl (C=O) groups excluding carboxylic acids is 2. The van der Waals surface area contributed by atoms with Crippen molar-refractivity contribution in [2.24, 2.45) is 0 Å². The van der Waals surface area contributed by atoms with E-state index in [0.717, 1.165) is 32.8 Å². The number of benzene rings is 1. The first kappa shape index (κ1) is 18.6. The first-order valence-corrected chi connectivity index (χ1v) is 8.16. The number of rotatable bonds is 7. The Hall–Kier alpha value is -2.69. The summed E-state index contributed by atoms with van der Waals surface area (Å²) in [7, 11) is 0. The topological polar surface area (TPSA) is 94.5 Å². The molecule has 2 rings (SSSR count). The van der Waals surface area contributed by atoms with E-state index in [-0.39, 0.29) is 11.4 Å². The van der Waals surface area contributed by atoms with Crippen LogP contribution < -0.4 is 10.6 Å². The first-order chi connectivity index (χ1) is 12.1. The summed E-state index contributed by atoms with van der Waals surface area (Å²) in [5, 5.41) is 14.8.